The van der Waals surface area contributed by atoms with Crippen molar-refractivity contribution in [1.29, 1.82) is 0 Å². The third-order valence-electron chi connectivity index (χ3n) is 10.5. The van der Waals surface area contributed by atoms with Crippen molar-refractivity contribution in [3.63, 3.8) is 0 Å². The van der Waals surface area contributed by atoms with Gasteiger partial charge in [-0.25, -0.2) is 9.97 Å². The van der Waals surface area contributed by atoms with E-state index >= 15 is 0 Å². The summed E-state index contributed by atoms with van der Waals surface area (Å²) in [7, 11) is 0. The SMILES string of the molecule is C1=Cc2c(c3cc(N(c4ccccc4)c4ccc(-c5nc6ccccc6nc5-c5ccccc5)cc4)ccc3n2-c2ccc(-c3ccccc3)cc2)CC1. The Morgan fingerprint density at radius 2 is 0.981 bits per heavy atom. The van der Waals surface area contributed by atoms with Gasteiger partial charge in [0.05, 0.1) is 27.9 Å². The average molecular weight is 693 g/mol. The van der Waals surface area contributed by atoms with Crippen molar-refractivity contribution in [3.8, 4) is 39.3 Å². The molecular weight excluding hydrogens is 657 g/mol. The van der Waals surface area contributed by atoms with Gasteiger partial charge in [-0.15, -0.1) is 0 Å². The second-order valence-corrected chi connectivity index (χ2v) is 13.7. The van der Waals surface area contributed by atoms with Gasteiger partial charge in [-0.05, 0) is 102 Å². The Kier molecular flexibility index (Phi) is 7.92. The lowest BCUT2D eigenvalue weighted by Gasteiger charge is -2.26. The summed E-state index contributed by atoms with van der Waals surface area (Å²) in [6.07, 6.45) is 6.65. The fourth-order valence-corrected chi connectivity index (χ4v) is 7.87. The van der Waals surface area contributed by atoms with Crippen LogP contribution < -0.4 is 4.90 Å². The molecule has 0 radical (unpaired) electrons. The van der Waals surface area contributed by atoms with E-state index in [-0.39, 0.29) is 0 Å². The quantitative estimate of drug-likeness (QED) is 0.167. The summed E-state index contributed by atoms with van der Waals surface area (Å²) in [5.74, 6) is 0. The van der Waals surface area contributed by atoms with E-state index in [9.17, 15) is 0 Å². The number of aryl methyl sites for hydroxylation is 1. The molecule has 0 amide bonds. The Morgan fingerprint density at radius 1 is 0.463 bits per heavy atom. The highest BCUT2D eigenvalue weighted by atomic mass is 15.1. The van der Waals surface area contributed by atoms with Gasteiger partial charge in [0, 0.05) is 45.0 Å². The molecule has 54 heavy (non-hydrogen) atoms. The van der Waals surface area contributed by atoms with E-state index in [0.29, 0.717) is 0 Å². The molecule has 2 heterocycles. The van der Waals surface area contributed by atoms with Crippen LogP contribution in [0.2, 0.25) is 0 Å². The summed E-state index contributed by atoms with van der Waals surface area (Å²) in [6.45, 7) is 0. The summed E-state index contributed by atoms with van der Waals surface area (Å²) in [4.78, 5) is 12.6. The first kappa shape index (κ1) is 31.7. The molecule has 0 saturated carbocycles. The number of allylic oxidation sites excluding steroid dienone is 1. The smallest absolute Gasteiger partial charge is 0.0973 e. The van der Waals surface area contributed by atoms with Crippen LogP contribution in [0.25, 0.3) is 67.3 Å². The fourth-order valence-electron chi connectivity index (χ4n) is 7.87. The van der Waals surface area contributed by atoms with Crippen LogP contribution in [0, 0.1) is 0 Å². The topological polar surface area (TPSA) is 34.0 Å². The maximum Gasteiger partial charge on any atom is 0.0973 e. The monoisotopic (exact) mass is 692 g/mol. The maximum absolute atomic E-state index is 5.15. The Hall–Kier alpha value is -7.04. The van der Waals surface area contributed by atoms with E-state index in [1.807, 2.05) is 30.3 Å². The van der Waals surface area contributed by atoms with Gasteiger partial charge >= 0.3 is 0 Å². The van der Waals surface area contributed by atoms with Crippen LogP contribution in [-0.4, -0.2) is 14.5 Å². The van der Waals surface area contributed by atoms with Crippen LogP contribution >= 0.6 is 0 Å². The first-order chi connectivity index (χ1) is 26.8. The normalized spacial score (nSPS) is 12.2. The van der Waals surface area contributed by atoms with E-state index < -0.39 is 0 Å². The molecule has 4 nitrogen and oxygen atoms in total. The molecular formula is C50H36N4. The van der Waals surface area contributed by atoms with E-state index in [2.05, 4.69) is 173 Å². The van der Waals surface area contributed by atoms with Crippen LogP contribution in [0.4, 0.5) is 17.1 Å². The Morgan fingerprint density at radius 3 is 1.65 bits per heavy atom. The van der Waals surface area contributed by atoms with Crippen molar-refractivity contribution in [2.24, 2.45) is 0 Å². The highest BCUT2D eigenvalue weighted by Gasteiger charge is 2.22. The summed E-state index contributed by atoms with van der Waals surface area (Å²) >= 11 is 0. The number of hydrogen-bond donors (Lipinski definition) is 0. The van der Waals surface area contributed by atoms with Gasteiger partial charge in [-0.2, -0.15) is 0 Å². The minimum Gasteiger partial charge on any atom is -0.310 e. The minimum atomic E-state index is 0.872. The third-order valence-corrected chi connectivity index (χ3v) is 10.5. The molecule has 7 aromatic carbocycles. The average Bonchev–Trinajstić information content (AvgIpc) is 3.58. The van der Waals surface area contributed by atoms with Gasteiger partial charge in [-0.1, -0.05) is 121 Å². The Labute approximate surface area is 315 Å². The summed E-state index contributed by atoms with van der Waals surface area (Å²) < 4.78 is 2.43. The molecule has 0 aliphatic heterocycles. The second-order valence-electron chi connectivity index (χ2n) is 13.7. The Balaban J connectivity index is 1.08. The zero-order chi connectivity index (χ0) is 35.8. The predicted octanol–water partition coefficient (Wildman–Crippen LogP) is 13.0. The third kappa shape index (κ3) is 5.65. The zero-order valence-electron chi connectivity index (χ0n) is 29.7. The first-order valence-corrected chi connectivity index (χ1v) is 18.6. The predicted molar refractivity (Wildman–Crippen MR) is 225 cm³/mol. The summed E-state index contributed by atoms with van der Waals surface area (Å²) in [6, 6.07) is 64.3. The fraction of sp³-hybridized carbons (Fsp3) is 0.0400. The molecule has 0 spiro atoms. The lowest BCUT2D eigenvalue weighted by Crippen LogP contribution is -2.10. The van der Waals surface area contributed by atoms with Crippen molar-refractivity contribution in [2.45, 2.75) is 12.8 Å². The highest BCUT2D eigenvalue weighted by Crippen LogP contribution is 2.41. The van der Waals surface area contributed by atoms with Crippen LogP contribution in [0.5, 0.6) is 0 Å². The van der Waals surface area contributed by atoms with Gasteiger partial charge in [0.15, 0.2) is 0 Å². The lowest BCUT2D eigenvalue weighted by molar-refractivity contribution is 0.967. The molecule has 2 aromatic heterocycles. The van der Waals surface area contributed by atoms with Gasteiger partial charge in [-0.3, -0.25) is 0 Å². The van der Waals surface area contributed by atoms with Gasteiger partial charge in [0.25, 0.3) is 0 Å². The summed E-state index contributed by atoms with van der Waals surface area (Å²) in [5.41, 5.74) is 16.4. The lowest BCUT2D eigenvalue weighted by atomic mass is 10.00. The van der Waals surface area contributed by atoms with Crippen molar-refractivity contribution < 1.29 is 0 Å². The summed E-state index contributed by atoms with van der Waals surface area (Å²) in [5, 5.41) is 1.29. The van der Waals surface area contributed by atoms with Crippen molar-refractivity contribution >= 4 is 45.1 Å². The molecule has 0 atom stereocenters. The number of nitrogens with zero attached hydrogens (tertiary/aromatic N) is 4. The number of rotatable bonds is 7. The number of anilines is 3. The highest BCUT2D eigenvalue weighted by molar-refractivity contribution is 5.95. The van der Waals surface area contributed by atoms with E-state index in [1.165, 1.54) is 39.0 Å². The molecule has 0 unspecified atom stereocenters. The molecule has 9 aromatic rings. The van der Waals surface area contributed by atoms with E-state index in [4.69, 9.17) is 9.97 Å². The molecule has 1 aliphatic rings. The number of benzene rings is 7. The second kappa shape index (κ2) is 13.5. The number of para-hydroxylation sites is 3. The number of hydrogen-bond acceptors (Lipinski definition) is 3. The molecule has 0 bridgehead atoms. The largest absolute Gasteiger partial charge is 0.310 e. The molecule has 4 heteroatoms. The van der Waals surface area contributed by atoms with Gasteiger partial charge in [0.1, 0.15) is 0 Å². The van der Waals surface area contributed by atoms with Crippen LogP contribution in [0.15, 0.2) is 188 Å². The van der Waals surface area contributed by atoms with Gasteiger partial charge < -0.3 is 9.47 Å². The molecule has 10 rings (SSSR count). The zero-order valence-corrected chi connectivity index (χ0v) is 29.7. The van der Waals surface area contributed by atoms with Crippen molar-refractivity contribution in [1.82, 2.24) is 14.5 Å². The number of aromatic nitrogens is 3. The standard InChI is InChI=1S/C50H36N4/c1-4-14-35(15-5-1)36-24-28-41(29-25-36)54-47-23-13-10-20-43(47)44-34-42(32-33-48(44)54)53(39-18-8-3-9-19-39)40-30-26-38(27-31-40)50-49(37-16-6-2-7-17-37)51-45-21-11-12-22-46(45)52-50/h1-9,11-19,21-34H,10,20H2. The van der Waals surface area contributed by atoms with Crippen molar-refractivity contribution in [3.05, 3.63) is 199 Å². The van der Waals surface area contributed by atoms with Crippen LogP contribution in [-0.2, 0) is 6.42 Å². The van der Waals surface area contributed by atoms with E-state index in [1.54, 1.807) is 0 Å². The molecule has 0 fully saturated rings. The van der Waals surface area contributed by atoms with E-state index in [0.717, 1.165) is 63.5 Å². The Bertz CT molecular complexity index is 2790. The maximum atomic E-state index is 5.15. The molecule has 0 saturated heterocycles. The molecule has 256 valence electrons. The molecule has 0 N–H and O–H groups in total. The molecule has 1 aliphatic carbocycles. The first-order valence-electron chi connectivity index (χ1n) is 18.6. The van der Waals surface area contributed by atoms with Gasteiger partial charge in [0.2, 0.25) is 0 Å². The van der Waals surface area contributed by atoms with Crippen molar-refractivity contribution in [2.75, 3.05) is 4.90 Å². The number of fused-ring (bicyclic) bond motifs is 4. The van der Waals surface area contributed by atoms with Crippen LogP contribution in [0.1, 0.15) is 17.7 Å². The van der Waals surface area contributed by atoms with Crippen LogP contribution in [0.3, 0.4) is 0 Å². The minimum absolute atomic E-state index is 0.872.